The Kier molecular flexibility index (Phi) is 6.48. The average molecular weight is 449 g/mol. The molecule has 2 aromatic heterocycles. The van der Waals surface area contributed by atoms with Crippen molar-refractivity contribution in [3.05, 3.63) is 20.8 Å². The molecule has 2 aliphatic rings. The minimum absolute atomic E-state index is 0.0429. The van der Waals surface area contributed by atoms with Crippen LogP contribution in [0.3, 0.4) is 0 Å². The van der Waals surface area contributed by atoms with Gasteiger partial charge in [0.25, 0.3) is 5.56 Å². The topological polar surface area (TPSA) is 93.1 Å². The minimum Gasteiger partial charge on any atom is -0.336 e. The minimum atomic E-state index is -0.502. The Balaban J connectivity index is 1.63. The van der Waals surface area contributed by atoms with Gasteiger partial charge in [-0.15, -0.1) is 11.3 Å². The molecule has 2 heterocycles. The summed E-state index contributed by atoms with van der Waals surface area (Å²) in [5.74, 6) is -0.350. The SMILES string of the molecule is CC(C)NC(=O)NC(=O)CSc1nc2sc3c(c2c(=O)n1C1CCCC1)CCCC3. The van der Waals surface area contributed by atoms with E-state index in [1.165, 1.54) is 22.2 Å². The molecule has 0 radical (unpaired) electrons. The molecule has 0 unspecified atom stereocenters. The van der Waals surface area contributed by atoms with Crippen molar-refractivity contribution >= 4 is 45.3 Å². The molecular formula is C21H28N4O3S2. The van der Waals surface area contributed by atoms with Crippen LogP contribution in [0.2, 0.25) is 0 Å². The second-order valence-electron chi connectivity index (χ2n) is 8.36. The molecule has 4 rings (SSSR count). The van der Waals surface area contributed by atoms with Gasteiger partial charge in [0.2, 0.25) is 5.91 Å². The van der Waals surface area contributed by atoms with Crippen LogP contribution in [0.1, 0.15) is 68.9 Å². The zero-order valence-corrected chi connectivity index (χ0v) is 19.1. The van der Waals surface area contributed by atoms with Crippen molar-refractivity contribution in [2.24, 2.45) is 0 Å². The number of rotatable bonds is 5. The molecule has 0 spiro atoms. The summed E-state index contributed by atoms with van der Waals surface area (Å²) in [6.45, 7) is 3.66. The number of thiophene rings is 1. The molecule has 1 saturated carbocycles. The largest absolute Gasteiger partial charge is 0.336 e. The van der Waals surface area contributed by atoms with Crippen LogP contribution in [-0.4, -0.2) is 33.3 Å². The van der Waals surface area contributed by atoms with Crippen molar-refractivity contribution in [2.75, 3.05) is 5.75 Å². The summed E-state index contributed by atoms with van der Waals surface area (Å²) in [5.41, 5.74) is 1.25. The van der Waals surface area contributed by atoms with Gasteiger partial charge in [0.1, 0.15) is 4.83 Å². The van der Waals surface area contributed by atoms with E-state index in [4.69, 9.17) is 4.98 Å². The normalized spacial score (nSPS) is 16.8. The highest BCUT2D eigenvalue weighted by molar-refractivity contribution is 7.99. The summed E-state index contributed by atoms with van der Waals surface area (Å²) in [6.07, 6.45) is 8.42. The molecule has 2 aromatic rings. The lowest BCUT2D eigenvalue weighted by atomic mass is 9.97. The van der Waals surface area contributed by atoms with E-state index in [1.54, 1.807) is 11.3 Å². The monoisotopic (exact) mass is 448 g/mol. The van der Waals surface area contributed by atoms with Gasteiger partial charge in [0.15, 0.2) is 5.16 Å². The lowest BCUT2D eigenvalue weighted by Crippen LogP contribution is -2.43. The number of nitrogens with one attached hydrogen (secondary N) is 2. The van der Waals surface area contributed by atoms with Crippen LogP contribution >= 0.6 is 23.1 Å². The molecular weight excluding hydrogens is 420 g/mol. The van der Waals surface area contributed by atoms with Crippen LogP contribution in [0, 0.1) is 0 Å². The first-order valence-electron chi connectivity index (χ1n) is 10.7. The highest BCUT2D eigenvalue weighted by Gasteiger charge is 2.27. The third-order valence-corrected chi connectivity index (χ3v) is 7.82. The summed E-state index contributed by atoms with van der Waals surface area (Å²) in [5, 5.41) is 6.37. The number of aromatic nitrogens is 2. The fourth-order valence-corrected chi connectivity index (χ4v) is 6.55. The Labute approximate surface area is 184 Å². The second-order valence-corrected chi connectivity index (χ2v) is 10.4. The quantitative estimate of drug-likeness (QED) is 0.536. The number of aryl methyl sites for hydroxylation is 2. The smallest absolute Gasteiger partial charge is 0.321 e. The van der Waals surface area contributed by atoms with Gasteiger partial charge in [0, 0.05) is 17.0 Å². The van der Waals surface area contributed by atoms with Gasteiger partial charge in [-0.1, -0.05) is 24.6 Å². The maximum atomic E-state index is 13.6. The third-order valence-electron chi connectivity index (χ3n) is 5.68. The molecule has 0 bridgehead atoms. The first-order chi connectivity index (χ1) is 14.4. The van der Waals surface area contributed by atoms with Gasteiger partial charge in [-0.3, -0.25) is 19.5 Å². The molecule has 9 heteroatoms. The number of urea groups is 1. The van der Waals surface area contributed by atoms with Crippen LogP contribution in [0.4, 0.5) is 4.79 Å². The third kappa shape index (κ3) is 4.42. The first-order valence-corrected chi connectivity index (χ1v) is 12.5. The van der Waals surface area contributed by atoms with Gasteiger partial charge in [-0.05, 0) is 57.9 Å². The summed E-state index contributed by atoms with van der Waals surface area (Å²) < 4.78 is 1.84. The number of carbonyl (C=O) groups excluding carboxylic acids is 2. The summed E-state index contributed by atoms with van der Waals surface area (Å²) in [4.78, 5) is 44.5. The lowest BCUT2D eigenvalue weighted by molar-refractivity contribution is -0.117. The van der Waals surface area contributed by atoms with E-state index in [1.807, 2.05) is 18.4 Å². The Morgan fingerprint density at radius 1 is 1.20 bits per heavy atom. The average Bonchev–Trinajstić information content (AvgIpc) is 3.33. The molecule has 2 N–H and O–H groups in total. The Morgan fingerprint density at radius 2 is 1.93 bits per heavy atom. The zero-order chi connectivity index (χ0) is 21.3. The van der Waals surface area contributed by atoms with Crippen molar-refractivity contribution in [3.8, 4) is 0 Å². The molecule has 7 nitrogen and oxygen atoms in total. The molecule has 30 heavy (non-hydrogen) atoms. The fourth-order valence-electron chi connectivity index (χ4n) is 4.38. The van der Waals surface area contributed by atoms with E-state index < -0.39 is 11.9 Å². The zero-order valence-electron chi connectivity index (χ0n) is 17.5. The summed E-state index contributed by atoms with van der Waals surface area (Å²) in [7, 11) is 0. The number of fused-ring (bicyclic) bond motifs is 3. The molecule has 0 saturated heterocycles. The van der Waals surface area contributed by atoms with E-state index in [-0.39, 0.29) is 23.4 Å². The number of amides is 3. The van der Waals surface area contributed by atoms with Crippen LogP contribution in [-0.2, 0) is 17.6 Å². The molecule has 0 aromatic carbocycles. The predicted molar refractivity (Wildman–Crippen MR) is 121 cm³/mol. The Hall–Kier alpha value is -1.87. The van der Waals surface area contributed by atoms with Crippen molar-refractivity contribution < 1.29 is 9.59 Å². The van der Waals surface area contributed by atoms with Crippen LogP contribution in [0.5, 0.6) is 0 Å². The van der Waals surface area contributed by atoms with Crippen LogP contribution in [0.15, 0.2) is 9.95 Å². The van der Waals surface area contributed by atoms with E-state index in [0.717, 1.165) is 61.6 Å². The number of nitrogens with zero attached hydrogens (tertiary/aromatic N) is 2. The maximum absolute atomic E-state index is 13.6. The first kappa shape index (κ1) is 21.4. The second kappa shape index (κ2) is 9.09. The van der Waals surface area contributed by atoms with Crippen molar-refractivity contribution in [1.82, 2.24) is 20.2 Å². The molecule has 0 atom stereocenters. The van der Waals surface area contributed by atoms with Gasteiger partial charge >= 0.3 is 6.03 Å². The molecule has 3 amide bonds. The number of thioether (sulfide) groups is 1. The van der Waals surface area contributed by atoms with Crippen LogP contribution < -0.4 is 16.2 Å². The van der Waals surface area contributed by atoms with Crippen molar-refractivity contribution in [1.29, 1.82) is 0 Å². The highest BCUT2D eigenvalue weighted by Crippen LogP contribution is 2.37. The molecule has 0 aliphatic heterocycles. The van der Waals surface area contributed by atoms with Crippen LogP contribution in [0.25, 0.3) is 10.2 Å². The molecule has 162 valence electrons. The summed E-state index contributed by atoms with van der Waals surface area (Å²) in [6, 6.07) is -0.409. The highest BCUT2D eigenvalue weighted by atomic mass is 32.2. The van der Waals surface area contributed by atoms with Gasteiger partial charge in [-0.25, -0.2) is 9.78 Å². The number of hydrogen-bond donors (Lipinski definition) is 2. The maximum Gasteiger partial charge on any atom is 0.321 e. The van der Waals surface area contributed by atoms with E-state index in [0.29, 0.717) is 5.16 Å². The van der Waals surface area contributed by atoms with E-state index >= 15 is 0 Å². The number of imide groups is 1. The number of hydrogen-bond acceptors (Lipinski definition) is 6. The van der Waals surface area contributed by atoms with E-state index in [2.05, 4.69) is 10.6 Å². The van der Waals surface area contributed by atoms with Gasteiger partial charge < -0.3 is 5.32 Å². The van der Waals surface area contributed by atoms with Gasteiger partial charge in [0.05, 0.1) is 11.1 Å². The molecule has 2 aliphatic carbocycles. The Morgan fingerprint density at radius 3 is 2.67 bits per heavy atom. The number of carbonyl (C=O) groups is 2. The lowest BCUT2D eigenvalue weighted by Gasteiger charge is -2.18. The Bertz CT molecular complexity index is 1020. The fraction of sp³-hybridized carbons (Fsp3) is 0.619. The standard InChI is InChI=1S/C21H28N4O3S2/c1-12(2)22-20(28)23-16(26)11-29-21-24-18-17(14-9-5-6-10-15(14)30-18)19(27)25(21)13-7-3-4-8-13/h12-13H,3-11H2,1-2H3,(H2,22,23,26,28). The summed E-state index contributed by atoms with van der Waals surface area (Å²) >= 11 is 2.87. The van der Waals surface area contributed by atoms with E-state index in [9.17, 15) is 14.4 Å². The van der Waals surface area contributed by atoms with Crippen molar-refractivity contribution in [3.63, 3.8) is 0 Å². The van der Waals surface area contributed by atoms with Crippen molar-refractivity contribution in [2.45, 2.75) is 82.5 Å². The molecule has 1 fully saturated rings. The predicted octanol–water partition coefficient (Wildman–Crippen LogP) is 3.78. The van der Waals surface area contributed by atoms with Gasteiger partial charge in [-0.2, -0.15) is 0 Å².